The third-order valence-electron chi connectivity index (χ3n) is 5.59. The van der Waals surface area contributed by atoms with E-state index in [0.29, 0.717) is 6.61 Å². The Labute approximate surface area is 163 Å². The van der Waals surface area contributed by atoms with Crippen LogP contribution in [0.4, 0.5) is 0 Å². The van der Waals surface area contributed by atoms with Crippen molar-refractivity contribution in [1.29, 1.82) is 0 Å². The van der Waals surface area contributed by atoms with Crippen molar-refractivity contribution >= 4 is 5.97 Å². The van der Waals surface area contributed by atoms with Crippen LogP contribution >= 0.6 is 0 Å². The van der Waals surface area contributed by atoms with Crippen LogP contribution in [0.15, 0.2) is 0 Å². The first kappa shape index (κ1) is 23.5. The number of unbranched alkanes of at least 4 members (excludes halogenated alkanes) is 15. The molecule has 1 N–H and O–H groups in total. The zero-order valence-corrected chi connectivity index (χ0v) is 17.5. The van der Waals surface area contributed by atoms with Crippen molar-refractivity contribution in [1.82, 2.24) is 5.32 Å². The molecule has 0 amide bonds. The van der Waals surface area contributed by atoms with Crippen molar-refractivity contribution in [2.24, 2.45) is 0 Å². The molecule has 0 saturated carbocycles. The highest BCUT2D eigenvalue weighted by atomic mass is 16.5. The van der Waals surface area contributed by atoms with Crippen LogP contribution in [0.2, 0.25) is 0 Å². The van der Waals surface area contributed by atoms with Gasteiger partial charge in [-0.25, -0.2) is 0 Å². The molecule has 0 aromatic heterocycles. The van der Waals surface area contributed by atoms with Crippen molar-refractivity contribution in [3.8, 4) is 0 Å². The van der Waals surface area contributed by atoms with E-state index >= 15 is 0 Å². The van der Waals surface area contributed by atoms with E-state index < -0.39 is 0 Å². The number of hydrogen-bond acceptors (Lipinski definition) is 3. The van der Waals surface area contributed by atoms with Gasteiger partial charge in [0.05, 0.1) is 6.61 Å². The SMILES string of the molecule is CCCCCCCCCCCCCCCCCCOC(=O)[C@H]1CCCN1. The molecule has 1 aliphatic rings. The van der Waals surface area contributed by atoms with Gasteiger partial charge in [0.2, 0.25) is 0 Å². The summed E-state index contributed by atoms with van der Waals surface area (Å²) in [7, 11) is 0. The molecule has 154 valence electrons. The molecule has 26 heavy (non-hydrogen) atoms. The molecule has 3 heteroatoms. The fourth-order valence-corrected chi connectivity index (χ4v) is 3.81. The van der Waals surface area contributed by atoms with Gasteiger partial charge < -0.3 is 10.1 Å². The van der Waals surface area contributed by atoms with Gasteiger partial charge in [0.1, 0.15) is 6.04 Å². The summed E-state index contributed by atoms with van der Waals surface area (Å²) in [5.74, 6) is -0.0385. The molecule has 0 bridgehead atoms. The zero-order chi connectivity index (χ0) is 18.7. The Bertz CT molecular complexity index is 313. The smallest absolute Gasteiger partial charge is 0.323 e. The zero-order valence-electron chi connectivity index (χ0n) is 17.5. The van der Waals surface area contributed by atoms with Gasteiger partial charge in [0, 0.05) is 0 Å². The molecular formula is C23H45NO2. The van der Waals surface area contributed by atoms with Crippen LogP contribution in [0.25, 0.3) is 0 Å². The molecule has 0 radical (unpaired) electrons. The maximum atomic E-state index is 11.7. The van der Waals surface area contributed by atoms with Crippen LogP contribution in [-0.2, 0) is 9.53 Å². The maximum Gasteiger partial charge on any atom is 0.323 e. The van der Waals surface area contributed by atoms with E-state index in [1.54, 1.807) is 0 Å². The summed E-state index contributed by atoms with van der Waals surface area (Å²) >= 11 is 0. The van der Waals surface area contributed by atoms with Crippen molar-refractivity contribution in [3.63, 3.8) is 0 Å². The van der Waals surface area contributed by atoms with E-state index in [-0.39, 0.29) is 12.0 Å². The molecular weight excluding hydrogens is 322 g/mol. The molecule has 1 rings (SSSR count). The van der Waals surface area contributed by atoms with Crippen molar-refractivity contribution in [2.45, 2.75) is 129 Å². The summed E-state index contributed by atoms with van der Waals surface area (Å²) in [5, 5.41) is 3.19. The maximum absolute atomic E-state index is 11.7. The van der Waals surface area contributed by atoms with Crippen LogP contribution in [-0.4, -0.2) is 25.2 Å². The topological polar surface area (TPSA) is 38.3 Å². The van der Waals surface area contributed by atoms with Crippen molar-refractivity contribution < 1.29 is 9.53 Å². The highest BCUT2D eigenvalue weighted by Gasteiger charge is 2.22. The highest BCUT2D eigenvalue weighted by molar-refractivity contribution is 5.76. The number of carbonyl (C=O) groups is 1. The van der Waals surface area contributed by atoms with Crippen LogP contribution < -0.4 is 5.32 Å². The van der Waals surface area contributed by atoms with Crippen LogP contribution in [0, 0.1) is 0 Å². The van der Waals surface area contributed by atoms with Gasteiger partial charge in [-0.2, -0.15) is 0 Å². The van der Waals surface area contributed by atoms with Gasteiger partial charge in [-0.3, -0.25) is 4.79 Å². The minimum atomic E-state index is -0.0385. The monoisotopic (exact) mass is 367 g/mol. The van der Waals surface area contributed by atoms with Crippen LogP contribution in [0.3, 0.4) is 0 Å². The first-order chi connectivity index (χ1) is 12.8. The van der Waals surface area contributed by atoms with Crippen molar-refractivity contribution in [2.75, 3.05) is 13.2 Å². The predicted molar refractivity (Wildman–Crippen MR) is 112 cm³/mol. The second-order valence-corrected chi connectivity index (χ2v) is 8.12. The predicted octanol–water partition coefficient (Wildman–Crippen LogP) is 6.54. The molecule has 1 aliphatic heterocycles. The second kappa shape index (κ2) is 17.8. The number of nitrogens with one attached hydrogen (secondary N) is 1. The lowest BCUT2D eigenvalue weighted by Gasteiger charge is -2.10. The van der Waals surface area contributed by atoms with E-state index in [4.69, 9.17) is 4.74 Å². The normalized spacial score (nSPS) is 16.9. The molecule has 3 nitrogen and oxygen atoms in total. The summed E-state index contributed by atoms with van der Waals surface area (Å²) in [5.41, 5.74) is 0. The average Bonchev–Trinajstić information content (AvgIpc) is 3.19. The van der Waals surface area contributed by atoms with Gasteiger partial charge in [0.25, 0.3) is 0 Å². The molecule has 1 saturated heterocycles. The fraction of sp³-hybridized carbons (Fsp3) is 0.957. The third-order valence-corrected chi connectivity index (χ3v) is 5.59. The summed E-state index contributed by atoms with van der Waals surface area (Å²) in [6.07, 6.45) is 24.0. The van der Waals surface area contributed by atoms with Gasteiger partial charge in [-0.1, -0.05) is 103 Å². The van der Waals surface area contributed by atoms with Crippen molar-refractivity contribution in [3.05, 3.63) is 0 Å². The third kappa shape index (κ3) is 13.6. The molecule has 1 heterocycles. The van der Waals surface area contributed by atoms with E-state index in [2.05, 4.69) is 12.2 Å². The number of carbonyl (C=O) groups excluding carboxylic acids is 1. The Morgan fingerprint density at radius 2 is 1.23 bits per heavy atom. The molecule has 0 aromatic rings. The largest absolute Gasteiger partial charge is 0.465 e. The molecule has 1 atom stereocenters. The van der Waals surface area contributed by atoms with Gasteiger partial charge in [0.15, 0.2) is 0 Å². The van der Waals surface area contributed by atoms with E-state index in [1.165, 1.54) is 96.3 Å². The van der Waals surface area contributed by atoms with E-state index in [1.807, 2.05) is 0 Å². The van der Waals surface area contributed by atoms with E-state index in [9.17, 15) is 4.79 Å². The van der Waals surface area contributed by atoms with Gasteiger partial charge in [-0.15, -0.1) is 0 Å². The molecule has 1 fully saturated rings. The fourth-order valence-electron chi connectivity index (χ4n) is 3.81. The van der Waals surface area contributed by atoms with Crippen LogP contribution in [0.5, 0.6) is 0 Å². The molecule has 0 aromatic carbocycles. The lowest BCUT2D eigenvalue weighted by molar-refractivity contribution is -0.145. The Morgan fingerprint density at radius 3 is 1.65 bits per heavy atom. The summed E-state index contributed by atoms with van der Waals surface area (Å²) in [6, 6.07) is -0.0314. The number of hydrogen-bond donors (Lipinski definition) is 1. The molecule has 0 spiro atoms. The summed E-state index contributed by atoms with van der Waals surface area (Å²) in [4.78, 5) is 11.7. The highest BCUT2D eigenvalue weighted by Crippen LogP contribution is 2.14. The number of rotatable bonds is 18. The lowest BCUT2D eigenvalue weighted by atomic mass is 10.0. The molecule has 0 unspecified atom stereocenters. The summed E-state index contributed by atoms with van der Waals surface area (Å²) < 4.78 is 5.34. The lowest BCUT2D eigenvalue weighted by Crippen LogP contribution is -2.32. The quantitative estimate of drug-likeness (QED) is 0.221. The van der Waals surface area contributed by atoms with E-state index in [0.717, 1.165) is 25.8 Å². The minimum absolute atomic E-state index is 0.0314. The Balaban J connectivity index is 1.69. The Kier molecular flexibility index (Phi) is 16.1. The number of esters is 1. The average molecular weight is 368 g/mol. The second-order valence-electron chi connectivity index (χ2n) is 8.12. The minimum Gasteiger partial charge on any atom is -0.465 e. The van der Waals surface area contributed by atoms with Gasteiger partial charge >= 0.3 is 5.97 Å². The Hall–Kier alpha value is -0.570. The van der Waals surface area contributed by atoms with Crippen LogP contribution in [0.1, 0.15) is 122 Å². The standard InChI is InChI=1S/C23H45NO2/c1-2-3-4-5-6-7-8-9-10-11-12-13-14-15-16-17-21-26-23(25)22-19-18-20-24-22/h22,24H,2-21H2,1H3/t22-/m1/s1. The first-order valence-corrected chi connectivity index (χ1v) is 11.7. The molecule has 0 aliphatic carbocycles. The first-order valence-electron chi connectivity index (χ1n) is 11.7. The Morgan fingerprint density at radius 1 is 0.769 bits per heavy atom. The van der Waals surface area contributed by atoms with Gasteiger partial charge in [-0.05, 0) is 25.8 Å². The number of ether oxygens (including phenoxy) is 1. The summed E-state index contributed by atoms with van der Waals surface area (Å²) in [6.45, 7) is 3.85.